The molecule has 7 heteroatoms. The summed E-state index contributed by atoms with van der Waals surface area (Å²) in [5, 5.41) is 29.6. The summed E-state index contributed by atoms with van der Waals surface area (Å²) in [4.78, 5) is 12.8. The molecule has 1 rings (SSSR count). The smallest absolute Gasteiger partial charge is 0.423 e. The van der Waals surface area contributed by atoms with Crippen LogP contribution in [-0.4, -0.2) is 35.2 Å². The summed E-state index contributed by atoms with van der Waals surface area (Å²) < 4.78 is 0. The Kier molecular flexibility index (Phi) is 6.17. The van der Waals surface area contributed by atoms with E-state index in [1.54, 1.807) is 6.07 Å². The Hall–Kier alpha value is -1.60. The second kappa shape index (κ2) is 7.42. The van der Waals surface area contributed by atoms with Crippen molar-refractivity contribution in [1.82, 2.24) is 0 Å². The monoisotopic (exact) mass is 294 g/mol. The van der Waals surface area contributed by atoms with Crippen molar-refractivity contribution in [2.75, 3.05) is 18.0 Å². The van der Waals surface area contributed by atoms with Crippen molar-refractivity contribution in [3.63, 3.8) is 0 Å². The average molecular weight is 294 g/mol. The van der Waals surface area contributed by atoms with Crippen LogP contribution in [0.2, 0.25) is 0 Å². The van der Waals surface area contributed by atoms with Crippen molar-refractivity contribution in [2.45, 2.75) is 27.7 Å². The predicted octanol–water partition coefficient (Wildman–Crippen LogP) is 1.39. The van der Waals surface area contributed by atoms with Gasteiger partial charge in [-0.3, -0.25) is 10.1 Å². The van der Waals surface area contributed by atoms with Crippen LogP contribution in [0.25, 0.3) is 0 Å². The van der Waals surface area contributed by atoms with Crippen molar-refractivity contribution >= 4 is 24.0 Å². The molecule has 0 atom stereocenters. The van der Waals surface area contributed by atoms with E-state index < -0.39 is 12.0 Å². The van der Waals surface area contributed by atoms with Crippen LogP contribution < -0.4 is 10.4 Å². The number of nitro benzene ring substituents is 1. The van der Waals surface area contributed by atoms with Gasteiger partial charge in [-0.2, -0.15) is 0 Å². The van der Waals surface area contributed by atoms with Gasteiger partial charge in [-0.05, 0) is 23.4 Å². The molecule has 116 valence electrons. The molecule has 0 saturated carbocycles. The normalized spacial score (nSPS) is 11.0. The molecule has 6 nitrogen and oxygen atoms in total. The Balaban J connectivity index is 3.25. The number of benzene rings is 1. The van der Waals surface area contributed by atoms with Crippen molar-refractivity contribution in [3.05, 3.63) is 28.3 Å². The van der Waals surface area contributed by atoms with Gasteiger partial charge in [-0.25, -0.2) is 0 Å². The van der Waals surface area contributed by atoms with Crippen LogP contribution in [0.3, 0.4) is 0 Å². The maximum atomic E-state index is 11.3. The lowest BCUT2D eigenvalue weighted by molar-refractivity contribution is -0.384. The molecule has 0 saturated heterocycles. The van der Waals surface area contributed by atoms with Crippen molar-refractivity contribution in [2.24, 2.45) is 11.8 Å². The topological polar surface area (TPSA) is 86.8 Å². The molecule has 0 spiro atoms. The summed E-state index contributed by atoms with van der Waals surface area (Å²) in [5.41, 5.74) is 0.549. The first-order valence-electron chi connectivity index (χ1n) is 7.11. The number of hydrogen-bond donors (Lipinski definition) is 2. The molecule has 0 heterocycles. The zero-order valence-corrected chi connectivity index (χ0v) is 13.0. The van der Waals surface area contributed by atoms with Crippen LogP contribution in [0.15, 0.2) is 18.2 Å². The fourth-order valence-corrected chi connectivity index (χ4v) is 2.27. The zero-order valence-electron chi connectivity index (χ0n) is 13.0. The number of nitrogens with zero attached hydrogens (tertiary/aromatic N) is 2. The third kappa shape index (κ3) is 5.02. The Bertz CT molecular complexity index is 482. The highest BCUT2D eigenvalue weighted by Crippen LogP contribution is 2.28. The largest absolute Gasteiger partial charge is 0.488 e. The fourth-order valence-electron chi connectivity index (χ4n) is 2.27. The molecule has 2 N–H and O–H groups in total. The van der Waals surface area contributed by atoms with Crippen molar-refractivity contribution in [3.8, 4) is 0 Å². The van der Waals surface area contributed by atoms with E-state index in [0.29, 0.717) is 30.6 Å². The first-order valence-corrected chi connectivity index (χ1v) is 7.11. The Morgan fingerprint density at radius 1 is 1.19 bits per heavy atom. The average Bonchev–Trinajstić information content (AvgIpc) is 2.35. The molecule has 0 fully saturated rings. The molecule has 1 aromatic rings. The highest BCUT2D eigenvalue weighted by molar-refractivity contribution is 6.58. The molecule has 0 aliphatic heterocycles. The predicted molar refractivity (Wildman–Crippen MR) is 84.8 cm³/mol. The third-order valence-corrected chi connectivity index (χ3v) is 3.01. The molecule has 0 bridgehead atoms. The van der Waals surface area contributed by atoms with Gasteiger partial charge >= 0.3 is 7.12 Å². The maximum Gasteiger partial charge on any atom is 0.488 e. The fraction of sp³-hybridized carbons (Fsp3) is 0.571. The van der Waals surface area contributed by atoms with Crippen LogP contribution >= 0.6 is 0 Å². The Morgan fingerprint density at radius 3 is 2.10 bits per heavy atom. The molecule has 0 aromatic heterocycles. The Labute approximate surface area is 125 Å². The van der Waals surface area contributed by atoms with E-state index in [2.05, 4.69) is 27.7 Å². The molecule has 0 amide bonds. The zero-order chi connectivity index (χ0) is 16.2. The van der Waals surface area contributed by atoms with Gasteiger partial charge in [0.15, 0.2) is 0 Å². The lowest BCUT2D eigenvalue weighted by Crippen LogP contribution is -2.34. The lowest BCUT2D eigenvalue weighted by atomic mass is 9.80. The molecular weight excluding hydrogens is 271 g/mol. The number of rotatable bonds is 7. The number of nitro groups is 1. The van der Waals surface area contributed by atoms with Gasteiger partial charge in [0.05, 0.1) is 4.92 Å². The van der Waals surface area contributed by atoms with E-state index in [1.165, 1.54) is 12.1 Å². The SMILES string of the molecule is CC(C)CN(CC(C)C)c1ccc(B(O)O)cc1[N+](=O)[O-]. The second-order valence-corrected chi connectivity index (χ2v) is 6.07. The van der Waals surface area contributed by atoms with Crippen molar-refractivity contribution < 1.29 is 15.0 Å². The number of hydrogen-bond acceptors (Lipinski definition) is 5. The first-order chi connectivity index (χ1) is 9.72. The van der Waals surface area contributed by atoms with E-state index in [0.717, 1.165) is 0 Å². The summed E-state index contributed by atoms with van der Waals surface area (Å²) in [7, 11) is -1.71. The molecule has 0 radical (unpaired) electrons. The van der Waals surface area contributed by atoms with E-state index in [-0.39, 0.29) is 11.2 Å². The van der Waals surface area contributed by atoms with Crippen LogP contribution in [0.1, 0.15) is 27.7 Å². The van der Waals surface area contributed by atoms with Crippen LogP contribution in [0, 0.1) is 22.0 Å². The van der Waals surface area contributed by atoms with Gasteiger partial charge < -0.3 is 14.9 Å². The standard InChI is InChI=1S/C14H23BN2O4/c1-10(2)8-16(9-11(3)4)13-6-5-12(15(18)19)7-14(13)17(20)21/h5-7,10-11,18-19H,8-9H2,1-4H3. The summed E-state index contributed by atoms with van der Waals surface area (Å²) in [6.45, 7) is 9.66. The van der Waals surface area contributed by atoms with E-state index in [1.807, 2.05) is 4.90 Å². The van der Waals surface area contributed by atoms with Gasteiger partial charge in [0, 0.05) is 19.2 Å². The molecule has 0 unspecified atom stereocenters. The first kappa shape index (κ1) is 17.5. The van der Waals surface area contributed by atoms with E-state index in [9.17, 15) is 10.1 Å². The summed E-state index contributed by atoms with van der Waals surface area (Å²) in [6.07, 6.45) is 0. The highest BCUT2D eigenvalue weighted by atomic mass is 16.6. The second-order valence-electron chi connectivity index (χ2n) is 6.07. The molecular formula is C14H23BN2O4. The summed E-state index contributed by atoms with van der Waals surface area (Å²) in [6, 6.07) is 4.34. The lowest BCUT2D eigenvalue weighted by Gasteiger charge is -2.28. The molecule has 21 heavy (non-hydrogen) atoms. The summed E-state index contributed by atoms with van der Waals surface area (Å²) in [5.74, 6) is 0.734. The molecule has 1 aromatic carbocycles. The molecule has 0 aliphatic carbocycles. The maximum absolute atomic E-state index is 11.3. The van der Waals surface area contributed by atoms with Crippen molar-refractivity contribution in [1.29, 1.82) is 0 Å². The Morgan fingerprint density at radius 2 is 1.71 bits per heavy atom. The number of anilines is 1. The van der Waals surface area contributed by atoms with Gasteiger partial charge in [0.1, 0.15) is 5.69 Å². The minimum atomic E-state index is -1.71. The van der Waals surface area contributed by atoms with E-state index >= 15 is 0 Å². The highest BCUT2D eigenvalue weighted by Gasteiger charge is 2.24. The minimum Gasteiger partial charge on any atom is -0.423 e. The summed E-state index contributed by atoms with van der Waals surface area (Å²) >= 11 is 0. The molecule has 0 aliphatic rings. The van der Waals surface area contributed by atoms with Gasteiger partial charge in [0.2, 0.25) is 0 Å². The van der Waals surface area contributed by atoms with Gasteiger partial charge in [-0.1, -0.05) is 33.8 Å². The van der Waals surface area contributed by atoms with Gasteiger partial charge in [-0.15, -0.1) is 0 Å². The van der Waals surface area contributed by atoms with E-state index in [4.69, 9.17) is 10.0 Å². The minimum absolute atomic E-state index is 0.0955. The van der Waals surface area contributed by atoms with Crippen LogP contribution in [0.5, 0.6) is 0 Å². The third-order valence-electron chi connectivity index (χ3n) is 3.01. The van der Waals surface area contributed by atoms with Crippen LogP contribution in [0.4, 0.5) is 11.4 Å². The van der Waals surface area contributed by atoms with Crippen LogP contribution in [-0.2, 0) is 0 Å². The quantitative estimate of drug-likeness (QED) is 0.451. The van der Waals surface area contributed by atoms with Gasteiger partial charge in [0.25, 0.3) is 5.69 Å².